The second-order valence-electron chi connectivity index (χ2n) is 8.89. The highest BCUT2D eigenvalue weighted by Crippen LogP contribution is 2.41. The molecular weight excluding hydrogens is 424 g/mol. The maximum absolute atomic E-state index is 12.7. The Balaban J connectivity index is 3.24. The quantitative estimate of drug-likeness (QED) is 0.224. The van der Waals surface area contributed by atoms with Gasteiger partial charge in [-0.05, 0) is 52.0 Å². The van der Waals surface area contributed by atoms with Gasteiger partial charge in [-0.3, -0.25) is 9.59 Å². The van der Waals surface area contributed by atoms with E-state index in [1.807, 2.05) is 26.8 Å². The minimum atomic E-state index is -0.972. The summed E-state index contributed by atoms with van der Waals surface area (Å²) >= 11 is 0. The molecule has 1 aliphatic heterocycles. The summed E-state index contributed by atoms with van der Waals surface area (Å²) in [6.07, 6.45) is 5.00. The third kappa shape index (κ3) is 10.4. The van der Waals surface area contributed by atoms with Crippen LogP contribution < -0.4 is 0 Å². The fraction of sp³-hybridized carbons (Fsp3) is 0.654. The largest absolute Gasteiger partial charge is 0.466 e. The van der Waals surface area contributed by atoms with E-state index in [0.29, 0.717) is 43.4 Å². The Labute approximate surface area is 197 Å². The van der Waals surface area contributed by atoms with Crippen LogP contribution in [0.2, 0.25) is 0 Å². The Morgan fingerprint density at radius 1 is 1.18 bits per heavy atom. The zero-order chi connectivity index (χ0) is 25.0. The van der Waals surface area contributed by atoms with E-state index in [1.165, 1.54) is 20.1 Å². The van der Waals surface area contributed by atoms with Gasteiger partial charge in [0, 0.05) is 19.3 Å². The number of esters is 2. The first-order chi connectivity index (χ1) is 15.6. The number of aliphatic hydroxyl groups excluding tert-OH is 1. The number of unbranched alkanes of at least 4 members (excludes halogenated alkanes) is 1. The molecule has 4 atom stereocenters. The maximum Gasteiger partial charge on any atom is 0.306 e. The number of ether oxygens (including phenoxy) is 3. The summed E-state index contributed by atoms with van der Waals surface area (Å²) in [5, 5.41) is 10.9. The third-order valence-electron chi connectivity index (χ3n) is 5.56. The van der Waals surface area contributed by atoms with Crippen LogP contribution in [0.15, 0.2) is 35.6 Å². The molecule has 0 aromatic carbocycles. The van der Waals surface area contributed by atoms with Gasteiger partial charge in [0.15, 0.2) is 0 Å². The molecule has 1 N–H and O–H groups in total. The Bertz CT molecular complexity index is 746. The number of Topliss-reactive ketones (excluding diaryl/α,β-unsaturated/α-hetero) is 1. The second-order valence-corrected chi connectivity index (χ2v) is 8.89. The molecule has 1 heterocycles. The first-order valence-electron chi connectivity index (χ1n) is 11.7. The lowest BCUT2D eigenvalue weighted by atomic mass is 9.74. The summed E-state index contributed by atoms with van der Waals surface area (Å²) in [7, 11) is 0. The molecule has 33 heavy (non-hydrogen) atoms. The summed E-state index contributed by atoms with van der Waals surface area (Å²) in [6, 6.07) is 0. The molecule has 0 aromatic rings. The van der Waals surface area contributed by atoms with Crippen molar-refractivity contribution in [3.63, 3.8) is 0 Å². The number of aliphatic hydroxyl groups is 1. The number of allylic oxidation sites excluding steroid dienone is 1. The average Bonchev–Trinajstić information content (AvgIpc) is 2.71. The van der Waals surface area contributed by atoms with Crippen molar-refractivity contribution < 1.29 is 33.7 Å². The van der Waals surface area contributed by atoms with E-state index < -0.39 is 36.2 Å². The van der Waals surface area contributed by atoms with Gasteiger partial charge < -0.3 is 24.1 Å². The number of hydrogen-bond acceptors (Lipinski definition) is 7. The van der Waals surface area contributed by atoms with E-state index in [0.717, 1.165) is 18.4 Å². The molecular formula is C26H40O7. The molecule has 0 amide bonds. The summed E-state index contributed by atoms with van der Waals surface area (Å²) in [5.41, 5.74) is 2.31. The summed E-state index contributed by atoms with van der Waals surface area (Å²) < 4.78 is 16.5. The molecule has 7 heteroatoms. The van der Waals surface area contributed by atoms with Crippen LogP contribution in [-0.2, 0) is 28.6 Å². The highest BCUT2D eigenvalue weighted by molar-refractivity contribution is 5.75. The van der Waals surface area contributed by atoms with Crippen molar-refractivity contribution in [2.45, 2.75) is 92.0 Å². The van der Waals surface area contributed by atoms with Gasteiger partial charge in [-0.25, -0.2) is 0 Å². The van der Waals surface area contributed by atoms with Crippen LogP contribution in [0.5, 0.6) is 0 Å². The predicted octanol–water partition coefficient (Wildman–Crippen LogP) is 4.79. The highest BCUT2D eigenvalue weighted by Gasteiger charge is 2.43. The summed E-state index contributed by atoms with van der Waals surface area (Å²) in [5.74, 6) is -1.90. The molecule has 1 rings (SSSR count). The van der Waals surface area contributed by atoms with Crippen molar-refractivity contribution >= 4 is 17.7 Å². The molecule has 1 aliphatic rings. The first kappa shape index (κ1) is 28.6. The van der Waals surface area contributed by atoms with Crippen LogP contribution in [-0.4, -0.2) is 41.8 Å². The molecule has 0 saturated carbocycles. The number of hydrogen-bond donors (Lipinski definition) is 1. The van der Waals surface area contributed by atoms with Crippen LogP contribution in [0.3, 0.4) is 0 Å². The fourth-order valence-corrected chi connectivity index (χ4v) is 3.81. The Hall–Kier alpha value is -2.41. The van der Waals surface area contributed by atoms with E-state index in [1.54, 1.807) is 0 Å². The zero-order valence-corrected chi connectivity index (χ0v) is 20.7. The third-order valence-corrected chi connectivity index (χ3v) is 5.56. The minimum Gasteiger partial charge on any atom is -0.466 e. The average molecular weight is 465 g/mol. The molecule has 0 unspecified atom stereocenters. The smallest absolute Gasteiger partial charge is 0.306 e. The van der Waals surface area contributed by atoms with Crippen molar-refractivity contribution in [3.8, 4) is 0 Å². The van der Waals surface area contributed by atoms with E-state index in [-0.39, 0.29) is 12.2 Å². The maximum atomic E-state index is 12.7. The second kappa shape index (κ2) is 14.7. The monoisotopic (exact) mass is 464 g/mol. The summed E-state index contributed by atoms with van der Waals surface area (Å²) in [6.45, 7) is 13.2. The van der Waals surface area contributed by atoms with Gasteiger partial charge in [0.2, 0.25) is 6.29 Å². The summed E-state index contributed by atoms with van der Waals surface area (Å²) in [4.78, 5) is 35.8. The first-order valence-corrected chi connectivity index (χ1v) is 11.7. The molecule has 186 valence electrons. The molecule has 0 aliphatic carbocycles. The Kier molecular flexibility index (Phi) is 12.7. The molecule has 0 aromatic heterocycles. The number of rotatable bonds is 14. The fourth-order valence-electron chi connectivity index (χ4n) is 3.81. The van der Waals surface area contributed by atoms with Gasteiger partial charge in [0.05, 0.1) is 31.3 Å². The lowest BCUT2D eigenvalue weighted by Crippen LogP contribution is -2.41. The number of carbonyl (C=O) groups excluding carboxylic acids is 3. The predicted molar refractivity (Wildman–Crippen MR) is 126 cm³/mol. The number of carbonyl (C=O) groups is 3. The van der Waals surface area contributed by atoms with E-state index in [9.17, 15) is 19.5 Å². The Morgan fingerprint density at radius 3 is 2.45 bits per heavy atom. The van der Waals surface area contributed by atoms with E-state index >= 15 is 0 Å². The molecule has 7 nitrogen and oxygen atoms in total. The van der Waals surface area contributed by atoms with Crippen LogP contribution in [0.1, 0.15) is 79.6 Å². The van der Waals surface area contributed by atoms with Crippen LogP contribution in [0.4, 0.5) is 0 Å². The Morgan fingerprint density at radius 2 is 1.88 bits per heavy atom. The van der Waals surface area contributed by atoms with Crippen molar-refractivity contribution in [3.05, 3.63) is 35.6 Å². The van der Waals surface area contributed by atoms with Gasteiger partial charge >= 0.3 is 11.9 Å². The van der Waals surface area contributed by atoms with Gasteiger partial charge in [0.1, 0.15) is 5.78 Å². The highest BCUT2D eigenvalue weighted by atomic mass is 16.7. The SMILES string of the molecule is C=C(CCCC(C)=O)[C@@H]1[C@@H](OC(C)=O)OC=C([C@@H](O)CC=C(C)C)[C@H]1CC(=O)OCCCC. The van der Waals surface area contributed by atoms with Crippen molar-refractivity contribution in [1.29, 1.82) is 0 Å². The van der Waals surface area contributed by atoms with Crippen LogP contribution >= 0.6 is 0 Å². The molecule has 0 bridgehead atoms. The topological polar surface area (TPSA) is 99.1 Å². The van der Waals surface area contributed by atoms with E-state index in [4.69, 9.17) is 14.2 Å². The van der Waals surface area contributed by atoms with Gasteiger partial charge in [-0.2, -0.15) is 0 Å². The van der Waals surface area contributed by atoms with Gasteiger partial charge in [-0.15, -0.1) is 0 Å². The normalized spacial score (nSPS) is 20.7. The molecule has 0 spiro atoms. The van der Waals surface area contributed by atoms with Crippen molar-refractivity contribution in [2.24, 2.45) is 11.8 Å². The van der Waals surface area contributed by atoms with Crippen molar-refractivity contribution in [1.82, 2.24) is 0 Å². The molecule has 0 saturated heterocycles. The minimum absolute atomic E-state index is 0.00104. The lowest BCUT2D eigenvalue weighted by molar-refractivity contribution is -0.181. The van der Waals surface area contributed by atoms with E-state index in [2.05, 4.69) is 6.58 Å². The van der Waals surface area contributed by atoms with Crippen molar-refractivity contribution in [2.75, 3.05) is 6.61 Å². The van der Waals surface area contributed by atoms with Gasteiger partial charge in [-0.1, -0.05) is 37.1 Å². The lowest BCUT2D eigenvalue weighted by Gasteiger charge is -2.39. The van der Waals surface area contributed by atoms with Crippen LogP contribution in [0.25, 0.3) is 0 Å². The molecule has 0 radical (unpaired) electrons. The zero-order valence-electron chi connectivity index (χ0n) is 20.7. The van der Waals surface area contributed by atoms with Gasteiger partial charge in [0.25, 0.3) is 0 Å². The van der Waals surface area contributed by atoms with Crippen LogP contribution in [0, 0.1) is 11.8 Å². The molecule has 0 fully saturated rings. The standard InChI is InChI=1S/C26H40O7/c1-7-8-14-31-24(30)15-21-22(23(29)13-12-17(2)3)16-32-26(33-20(6)28)25(21)18(4)10-9-11-19(5)27/h12,16,21,23,25-26,29H,4,7-11,13-15H2,1-3,5-6H3/t21-,23+,25+,26-/m1/s1. The number of ketones is 1.